The lowest BCUT2D eigenvalue weighted by Crippen LogP contribution is -1.92. The molecule has 2 rings (SSSR count). The van der Waals surface area contributed by atoms with Gasteiger partial charge in [-0.15, -0.1) is 5.10 Å². The molecular formula is C7H8N4O. The molecule has 2 aromatic heterocycles. The third kappa shape index (κ3) is 0.990. The van der Waals surface area contributed by atoms with Gasteiger partial charge in [-0.1, -0.05) is 0 Å². The van der Waals surface area contributed by atoms with E-state index in [4.69, 9.17) is 0 Å². The summed E-state index contributed by atoms with van der Waals surface area (Å²) in [6, 6.07) is 1.93. The Morgan fingerprint density at radius 2 is 2.25 bits per heavy atom. The monoisotopic (exact) mass is 164 g/mol. The van der Waals surface area contributed by atoms with Gasteiger partial charge in [0, 0.05) is 18.0 Å². The van der Waals surface area contributed by atoms with Gasteiger partial charge in [0.15, 0.2) is 12.0 Å². The summed E-state index contributed by atoms with van der Waals surface area (Å²) in [5.74, 6) is 0. The van der Waals surface area contributed by atoms with Crippen LogP contribution in [0, 0.1) is 6.92 Å². The summed E-state index contributed by atoms with van der Waals surface area (Å²) < 4.78 is 6.39. The van der Waals surface area contributed by atoms with Crippen molar-refractivity contribution in [2.75, 3.05) is 0 Å². The Hall–Kier alpha value is -1.65. The molecule has 62 valence electrons. The van der Waals surface area contributed by atoms with Crippen molar-refractivity contribution in [1.29, 1.82) is 0 Å². The maximum Gasteiger partial charge on any atom is 0.154 e. The van der Waals surface area contributed by atoms with E-state index < -0.39 is 0 Å². The second kappa shape index (κ2) is 2.44. The van der Waals surface area contributed by atoms with Crippen molar-refractivity contribution >= 4 is 0 Å². The molecule has 0 amide bonds. The number of rotatable bonds is 1. The summed E-state index contributed by atoms with van der Waals surface area (Å²) >= 11 is 0. The molecule has 2 heterocycles. The SMILES string of the molecule is Cc1cc(-c2conn2)nn1C. The van der Waals surface area contributed by atoms with E-state index in [0.29, 0.717) is 5.69 Å². The normalized spacial score (nSPS) is 10.5. The number of hydrogen-bond donors (Lipinski definition) is 0. The Morgan fingerprint density at radius 3 is 2.75 bits per heavy atom. The summed E-state index contributed by atoms with van der Waals surface area (Å²) in [6.07, 6.45) is 1.47. The Labute approximate surface area is 69.0 Å². The number of aromatic nitrogens is 4. The van der Waals surface area contributed by atoms with Crippen LogP contribution in [-0.4, -0.2) is 20.2 Å². The minimum atomic E-state index is 0.665. The van der Waals surface area contributed by atoms with Gasteiger partial charge in [0.2, 0.25) is 0 Å². The third-order valence-electron chi connectivity index (χ3n) is 1.74. The highest BCUT2D eigenvalue weighted by atomic mass is 16.5. The van der Waals surface area contributed by atoms with Gasteiger partial charge in [-0.25, -0.2) is 0 Å². The molecule has 0 aliphatic carbocycles. The molecule has 0 aliphatic rings. The first-order valence-electron chi connectivity index (χ1n) is 3.55. The lowest BCUT2D eigenvalue weighted by atomic mass is 10.3. The van der Waals surface area contributed by atoms with Gasteiger partial charge in [-0.2, -0.15) is 5.10 Å². The molecule has 0 saturated heterocycles. The molecule has 12 heavy (non-hydrogen) atoms. The molecule has 0 spiro atoms. The van der Waals surface area contributed by atoms with E-state index in [2.05, 4.69) is 20.0 Å². The van der Waals surface area contributed by atoms with Gasteiger partial charge in [-0.3, -0.25) is 4.68 Å². The second-order valence-corrected chi connectivity index (χ2v) is 2.58. The first kappa shape index (κ1) is 7.02. The van der Waals surface area contributed by atoms with Gasteiger partial charge >= 0.3 is 0 Å². The van der Waals surface area contributed by atoms with Gasteiger partial charge < -0.3 is 4.52 Å². The molecule has 0 radical (unpaired) electrons. The van der Waals surface area contributed by atoms with E-state index in [-0.39, 0.29) is 0 Å². The van der Waals surface area contributed by atoms with E-state index in [1.807, 2.05) is 20.0 Å². The molecule has 2 aromatic rings. The van der Waals surface area contributed by atoms with E-state index in [0.717, 1.165) is 11.4 Å². The molecule has 5 heteroatoms. The molecule has 0 aromatic carbocycles. The van der Waals surface area contributed by atoms with Crippen molar-refractivity contribution in [3.63, 3.8) is 0 Å². The van der Waals surface area contributed by atoms with Crippen LogP contribution in [0.3, 0.4) is 0 Å². The summed E-state index contributed by atoms with van der Waals surface area (Å²) in [4.78, 5) is 0. The number of nitrogens with zero attached hydrogens (tertiary/aromatic N) is 4. The number of hydrogen-bond acceptors (Lipinski definition) is 4. The van der Waals surface area contributed by atoms with Crippen LogP contribution in [0.2, 0.25) is 0 Å². The minimum absolute atomic E-state index is 0.665. The minimum Gasteiger partial charge on any atom is -0.345 e. The zero-order valence-electron chi connectivity index (χ0n) is 6.85. The molecule has 0 unspecified atom stereocenters. The Morgan fingerprint density at radius 1 is 1.42 bits per heavy atom. The fourth-order valence-corrected chi connectivity index (χ4v) is 0.962. The lowest BCUT2D eigenvalue weighted by Gasteiger charge is -1.88. The van der Waals surface area contributed by atoms with E-state index in [1.165, 1.54) is 6.26 Å². The van der Waals surface area contributed by atoms with Crippen LogP contribution in [0.15, 0.2) is 16.9 Å². The van der Waals surface area contributed by atoms with Crippen molar-refractivity contribution in [3.8, 4) is 11.4 Å². The summed E-state index contributed by atoms with van der Waals surface area (Å²) in [6.45, 7) is 1.98. The van der Waals surface area contributed by atoms with Crippen LogP contribution in [-0.2, 0) is 7.05 Å². The average Bonchev–Trinajstić information content (AvgIpc) is 2.61. The van der Waals surface area contributed by atoms with Gasteiger partial charge in [0.1, 0.15) is 5.69 Å². The largest absolute Gasteiger partial charge is 0.345 e. The topological polar surface area (TPSA) is 56.7 Å². The Kier molecular flexibility index (Phi) is 1.43. The van der Waals surface area contributed by atoms with Crippen molar-refractivity contribution in [3.05, 3.63) is 18.0 Å². The van der Waals surface area contributed by atoms with Crippen LogP contribution in [0.4, 0.5) is 0 Å². The van der Waals surface area contributed by atoms with Crippen molar-refractivity contribution in [2.24, 2.45) is 7.05 Å². The van der Waals surface area contributed by atoms with Crippen molar-refractivity contribution in [2.45, 2.75) is 6.92 Å². The predicted octanol–water partition coefficient (Wildman–Crippen LogP) is 0.779. The number of aryl methyl sites for hydroxylation is 2. The van der Waals surface area contributed by atoms with E-state index in [9.17, 15) is 0 Å². The van der Waals surface area contributed by atoms with Crippen LogP contribution < -0.4 is 0 Å². The van der Waals surface area contributed by atoms with Gasteiger partial charge in [0.25, 0.3) is 0 Å². The zero-order valence-corrected chi connectivity index (χ0v) is 6.85. The predicted molar refractivity (Wildman–Crippen MR) is 41.2 cm³/mol. The first-order chi connectivity index (χ1) is 5.77. The second-order valence-electron chi connectivity index (χ2n) is 2.58. The quantitative estimate of drug-likeness (QED) is 0.624. The molecule has 0 bridgehead atoms. The molecule has 0 saturated carbocycles. The highest BCUT2D eigenvalue weighted by molar-refractivity contribution is 5.51. The van der Waals surface area contributed by atoms with Crippen LogP contribution >= 0.6 is 0 Å². The highest BCUT2D eigenvalue weighted by Gasteiger charge is 2.06. The summed E-state index contributed by atoms with van der Waals surface area (Å²) in [5.41, 5.74) is 2.53. The molecular weight excluding hydrogens is 156 g/mol. The maximum absolute atomic E-state index is 4.61. The van der Waals surface area contributed by atoms with Gasteiger partial charge in [-0.05, 0) is 13.0 Å². The molecule has 5 nitrogen and oxygen atoms in total. The molecule has 0 N–H and O–H groups in total. The van der Waals surface area contributed by atoms with Crippen LogP contribution in [0.1, 0.15) is 5.69 Å². The smallest absolute Gasteiger partial charge is 0.154 e. The van der Waals surface area contributed by atoms with Crippen molar-refractivity contribution in [1.82, 2.24) is 20.2 Å². The highest BCUT2D eigenvalue weighted by Crippen LogP contribution is 2.14. The van der Waals surface area contributed by atoms with Gasteiger partial charge in [0.05, 0.1) is 0 Å². The van der Waals surface area contributed by atoms with Crippen LogP contribution in [0.5, 0.6) is 0 Å². The summed E-state index contributed by atoms with van der Waals surface area (Å²) in [5, 5.41) is 11.3. The zero-order chi connectivity index (χ0) is 8.55. The average molecular weight is 164 g/mol. The summed E-state index contributed by atoms with van der Waals surface area (Å²) in [7, 11) is 1.88. The third-order valence-corrected chi connectivity index (χ3v) is 1.74. The Bertz CT molecular complexity index is 357. The van der Waals surface area contributed by atoms with Crippen LogP contribution in [0.25, 0.3) is 11.4 Å². The standard InChI is InChI=1S/C7H8N4O/c1-5-3-6(9-11(5)2)7-4-12-10-8-7/h3-4H,1-2H3. The van der Waals surface area contributed by atoms with Crippen molar-refractivity contribution < 1.29 is 4.52 Å². The lowest BCUT2D eigenvalue weighted by molar-refractivity contribution is 0.393. The molecule has 0 aliphatic heterocycles. The molecule has 0 atom stereocenters. The van der Waals surface area contributed by atoms with E-state index >= 15 is 0 Å². The fourth-order valence-electron chi connectivity index (χ4n) is 0.962. The Balaban J connectivity index is 2.48. The van der Waals surface area contributed by atoms with E-state index in [1.54, 1.807) is 4.68 Å². The molecule has 0 fully saturated rings. The fraction of sp³-hybridized carbons (Fsp3) is 0.286. The first-order valence-corrected chi connectivity index (χ1v) is 3.55. The maximum atomic E-state index is 4.61.